The molecule has 0 saturated heterocycles. The van der Waals surface area contributed by atoms with Gasteiger partial charge in [-0.15, -0.1) is 0 Å². The number of rotatable bonds is 7. The standard InChI is InChI=1S/C16H24BrNO/c1-3-18-8-6-12(2)4-5-13-10-15(17)11-14-7-9-19-16(13)14/h10-12,18H,3-9H2,1-2H3. The molecule has 1 aliphatic rings. The van der Waals surface area contributed by atoms with Crippen molar-refractivity contribution in [2.45, 2.75) is 39.5 Å². The number of fused-ring (bicyclic) bond motifs is 1. The van der Waals surface area contributed by atoms with E-state index in [0.717, 1.165) is 44.2 Å². The van der Waals surface area contributed by atoms with Crippen LogP contribution in [0.1, 0.15) is 37.8 Å². The molecule has 2 nitrogen and oxygen atoms in total. The second-order valence-corrected chi connectivity index (χ2v) is 6.35. The molecule has 1 aromatic carbocycles. The fourth-order valence-corrected chi connectivity index (χ4v) is 3.16. The summed E-state index contributed by atoms with van der Waals surface area (Å²) in [4.78, 5) is 0. The fourth-order valence-electron chi connectivity index (χ4n) is 2.60. The van der Waals surface area contributed by atoms with Gasteiger partial charge in [-0.3, -0.25) is 0 Å². The summed E-state index contributed by atoms with van der Waals surface area (Å²) in [7, 11) is 0. The summed E-state index contributed by atoms with van der Waals surface area (Å²) in [6, 6.07) is 4.42. The normalized spacial score (nSPS) is 15.1. The van der Waals surface area contributed by atoms with Crippen LogP contribution in [0.5, 0.6) is 5.75 Å². The first-order valence-electron chi connectivity index (χ1n) is 7.35. The molecule has 0 amide bonds. The van der Waals surface area contributed by atoms with E-state index >= 15 is 0 Å². The predicted octanol–water partition coefficient (Wildman–Crippen LogP) is 3.95. The van der Waals surface area contributed by atoms with Gasteiger partial charge in [0.25, 0.3) is 0 Å². The zero-order valence-corrected chi connectivity index (χ0v) is 13.6. The number of nitrogens with one attached hydrogen (secondary N) is 1. The van der Waals surface area contributed by atoms with Crippen LogP contribution in [-0.2, 0) is 12.8 Å². The van der Waals surface area contributed by atoms with Crippen molar-refractivity contribution in [3.05, 3.63) is 27.7 Å². The van der Waals surface area contributed by atoms with Gasteiger partial charge in [0.15, 0.2) is 0 Å². The Labute approximate surface area is 125 Å². The monoisotopic (exact) mass is 325 g/mol. The molecule has 1 atom stereocenters. The first-order valence-corrected chi connectivity index (χ1v) is 8.14. The van der Waals surface area contributed by atoms with Crippen molar-refractivity contribution in [3.8, 4) is 5.75 Å². The molecular weight excluding hydrogens is 302 g/mol. The molecule has 1 unspecified atom stereocenters. The van der Waals surface area contributed by atoms with Crippen LogP contribution in [0.2, 0.25) is 0 Å². The molecule has 106 valence electrons. The zero-order chi connectivity index (χ0) is 13.7. The Morgan fingerprint density at radius 2 is 2.21 bits per heavy atom. The van der Waals surface area contributed by atoms with E-state index in [4.69, 9.17) is 4.74 Å². The summed E-state index contributed by atoms with van der Waals surface area (Å²) in [6.45, 7) is 7.54. The molecule has 0 spiro atoms. The van der Waals surface area contributed by atoms with Gasteiger partial charge in [-0.1, -0.05) is 29.8 Å². The van der Waals surface area contributed by atoms with E-state index in [2.05, 4.69) is 47.2 Å². The Hall–Kier alpha value is -0.540. The minimum Gasteiger partial charge on any atom is -0.493 e. The van der Waals surface area contributed by atoms with Crippen molar-refractivity contribution in [2.75, 3.05) is 19.7 Å². The summed E-state index contributed by atoms with van der Waals surface area (Å²) in [6.07, 6.45) is 4.66. The lowest BCUT2D eigenvalue weighted by molar-refractivity contribution is 0.352. The molecule has 0 radical (unpaired) electrons. The minimum absolute atomic E-state index is 0.759. The highest BCUT2D eigenvalue weighted by Crippen LogP contribution is 2.34. The van der Waals surface area contributed by atoms with E-state index in [0.29, 0.717) is 0 Å². The largest absolute Gasteiger partial charge is 0.493 e. The van der Waals surface area contributed by atoms with Crippen molar-refractivity contribution in [1.29, 1.82) is 0 Å². The summed E-state index contributed by atoms with van der Waals surface area (Å²) >= 11 is 3.61. The second-order valence-electron chi connectivity index (χ2n) is 5.44. The van der Waals surface area contributed by atoms with Crippen molar-refractivity contribution in [1.82, 2.24) is 5.32 Å². The van der Waals surface area contributed by atoms with Crippen LogP contribution in [0, 0.1) is 5.92 Å². The smallest absolute Gasteiger partial charge is 0.125 e. The van der Waals surface area contributed by atoms with E-state index in [1.165, 1.54) is 28.4 Å². The number of hydrogen-bond donors (Lipinski definition) is 1. The number of hydrogen-bond acceptors (Lipinski definition) is 2. The Balaban J connectivity index is 1.89. The van der Waals surface area contributed by atoms with Crippen LogP contribution in [0.4, 0.5) is 0 Å². The average molecular weight is 326 g/mol. The maximum Gasteiger partial charge on any atom is 0.125 e. The van der Waals surface area contributed by atoms with E-state index < -0.39 is 0 Å². The van der Waals surface area contributed by atoms with Gasteiger partial charge in [0.2, 0.25) is 0 Å². The molecule has 2 rings (SSSR count). The maximum atomic E-state index is 5.78. The van der Waals surface area contributed by atoms with Crippen LogP contribution >= 0.6 is 15.9 Å². The predicted molar refractivity (Wildman–Crippen MR) is 84.0 cm³/mol. The van der Waals surface area contributed by atoms with E-state index in [9.17, 15) is 0 Å². The number of aryl methyl sites for hydroxylation is 1. The Kier molecular flexibility index (Phi) is 5.71. The first-order chi connectivity index (χ1) is 9.20. The highest BCUT2D eigenvalue weighted by atomic mass is 79.9. The van der Waals surface area contributed by atoms with Gasteiger partial charge in [0.1, 0.15) is 5.75 Å². The van der Waals surface area contributed by atoms with Gasteiger partial charge in [0, 0.05) is 10.9 Å². The first kappa shape index (κ1) is 14.9. The molecule has 0 aliphatic carbocycles. The highest BCUT2D eigenvalue weighted by Gasteiger charge is 2.17. The Morgan fingerprint density at radius 3 is 3.00 bits per heavy atom. The summed E-state index contributed by atoms with van der Waals surface area (Å²) in [5.74, 6) is 1.91. The second kappa shape index (κ2) is 7.30. The lowest BCUT2D eigenvalue weighted by Gasteiger charge is -2.13. The minimum atomic E-state index is 0.759. The summed E-state index contributed by atoms with van der Waals surface area (Å²) in [5.41, 5.74) is 2.74. The van der Waals surface area contributed by atoms with Crippen molar-refractivity contribution >= 4 is 15.9 Å². The lowest BCUT2D eigenvalue weighted by atomic mass is 9.96. The molecule has 0 saturated carbocycles. The van der Waals surface area contributed by atoms with Gasteiger partial charge in [-0.05, 0) is 61.5 Å². The molecule has 1 aliphatic heterocycles. The van der Waals surface area contributed by atoms with Gasteiger partial charge in [-0.25, -0.2) is 0 Å². The Morgan fingerprint density at radius 1 is 1.37 bits per heavy atom. The maximum absolute atomic E-state index is 5.78. The zero-order valence-electron chi connectivity index (χ0n) is 12.0. The van der Waals surface area contributed by atoms with Crippen molar-refractivity contribution in [2.24, 2.45) is 5.92 Å². The van der Waals surface area contributed by atoms with Crippen LogP contribution in [0.25, 0.3) is 0 Å². The topological polar surface area (TPSA) is 21.3 Å². The fraction of sp³-hybridized carbons (Fsp3) is 0.625. The summed E-state index contributed by atoms with van der Waals surface area (Å²) in [5, 5.41) is 3.40. The molecule has 0 aromatic heterocycles. The molecule has 1 heterocycles. The molecule has 0 fully saturated rings. The van der Waals surface area contributed by atoms with Crippen LogP contribution in [0.15, 0.2) is 16.6 Å². The van der Waals surface area contributed by atoms with Crippen molar-refractivity contribution in [3.63, 3.8) is 0 Å². The number of ether oxygens (including phenoxy) is 1. The van der Waals surface area contributed by atoms with E-state index in [1.54, 1.807) is 0 Å². The number of halogens is 1. The number of benzene rings is 1. The molecule has 1 N–H and O–H groups in total. The highest BCUT2D eigenvalue weighted by molar-refractivity contribution is 9.10. The summed E-state index contributed by atoms with van der Waals surface area (Å²) < 4.78 is 6.97. The third-order valence-electron chi connectivity index (χ3n) is 3.80. The lowest BCUT2D eigenvalue weighted by Crippen LogP contribution is -2.16. The third-order valence-corrected chi connectivity index (χ3v) is 4.25. The van der Waals surface area contributed by atoms with Crippen LogP contribution in [-0.4, -0.2) is 19.7 Å². The van der Waals surface area contributed by atoms with Gasteiger partial charge >= 0.3 is 0 Å². The van der Waals surface area contributed by atoms with E-state index in [1.807, 2.05) is 0 Å². The molecule has 19 heavy (non-hydrogen) atoms. The molecular formula is C16H24BrNO. The van der Waals surface area contributed by atoms with Gasteiger partial charge < -0.3 is 10.1 Å². The average Bonchev–Trinajstić information content (AvgIpc) is 2.84. The molecule has 3 heteroatoms. The van der Waals surface area contributed by atoms with E-state index in [-0.39, 0.29) is 0 Å². The van der Waals surface area contributed by atoms with Crippen LogP contribution in [0.3, 0.4) is 0 Å². The quantitative estimate of drug-likeness (QED) is 0.766. The van der Waals surface area contributed by atoms with Gasteiger partial charge in [-0.2, -0.15) is 0 Å². The van der Waals surface area contributed by atoms with Gasteiger partial charge in [0.05, 0.1) is 6.61 Å². The third kappa shape index (κ3) is 4.22. The molecule has 0 bridgehead atoms. The molecule has 1 aromatic rings. The van der Waals surface area contributed by atoms with Crippen molar-refractivity contribution < 1.29 is 4.74 Å². The van der Waals surface area contributed by atoms with Crippen LogP contribution < -0.4 is 10.1 Å². The SMILES string of the molecule is CCNCCC(C)CCc1cc(Br)cc2c1OCC2. The Bertz CT molecular complexity index is 419.